The van der Waals surface area contributed by atoms with Gasteiger partial charge in [-0.05, 0) is 47.7 Å². The maximum Gasteiger partial charge on any atom is 0.298 e. The highest BCUT2D eigenvalue weighted by atomic mass is 32.1. The number of pyridine rings is 3. The Morgan fingerprint density at radius 2 is 1.51 bits per heavy atom. The van der Waals surface area contributed by atoms with Crippen LogP contribution in [0.4, 0.5) is 0 Å². The molecule has 0 aliphatic heterocycles. The van der Waals surface area contributed by atoms with Crippen LogP contribution >= 0.6 is 22.7 Å². The number of ether oxygens (including phenoxy) is 2. The van der Waals surface area contributed by atoms with Crippen LogP contribution in [0.15, 0.2) is 66.3 Å². The lowest BCUT2D eigenvalue weighted by Gasteiger charge is -2.09. The van der Waals surface area contributed by atoms with E-state index >= 15 is 0 Å². The minimum atomic E-state index is 0.301. The Morgan fingerprint density at radius 3 is 2.29 bits per heavy atom. The normalized spacial score (nSPS) is 11.2. The molecular weight excluding hydrogens is 556 g/mol. The summed E-state index contributed by atoms with van der Waals surface area (Å²) in [5, 5.41) is 2.17. The Hall–Kier alpha value is -4.41. The third kappa shape index (κ3) is 5.48. The van der Waals surface area contributed by atoms with Gasteiger partial charge in [-0.3, -0.25) is 19.6 Å². The molecule has 0 spiro atoms. The number of thiophene rings is 2. The fraction of sp³-hybridized carbons (Fsp3) is 0.194. The lowest BCUT2D eigenvalue weighted by atomic mass is 10.1. The number of unbranched alkanes of at least 4 members (excludes halogenated alkanes) is 3. The molecule has 0 amide bonds. The Kier molecular flexibility index (Phi) is 7.84. The SMILES string of the molecule is CCCCCCn1c2ccsc2c2sc(-c3ccnc(-c4cc(OC=O)cc(-c5cc(OC=O)ccn5)n4)c3)cc21. The fourth-order valence-electron chi connectivity index (χ4n) is 4.93. The van der Waals surface area contributed by atoms with E-state index in [9.17, 15) is 9.59 Å². The molecule has 0 atom stereocenters. The van der Waals surface area contributed by atoms with Crippen LogP contribution in [-0.4, -0.2) is 32.5 Å². The monoisotopic (exact) mass is 582 g/mol. The Labute approximate surface area is 244 Å². The van der Waals surface area contributed by atoms with Crippen LogP contribution in [0.5, 0.6) is 11.5 Å². The van der Waals surface area contributed by atoms with Gasteiger partial charge in [0.2, 0.25) is 0 Å². The summed E-state index contributed by atoms with van der Waals surface area (Å²) in [7, 11) is 0. The van der Waals surface area contributed by atoms with E-state index in [1.54, 1.807) is 53.1 Å². The van der Waals surface area contributed by atoms with E-state index < -0.39 is 0 Å². The summed E-state index contributed by atoms with van der Waals surface area (Å²) in [5.74, 6) is 0.629. The molecule has 41 heavy (non-hydrogen) atoms. The first kappa shape index (κ1) is 26.8. The van der Waals surface area contributed by atoms with Crippen molar-refractivity contribution in [3.63, 3.8) is 0 Å². The van der Waals surface area contributed by atoms with Crippen LogP contribution in [-0.2, 0) is 16.1 Å². The Balaban J connectivity index is 1.38. The average Bonchev–Trinajstić information content (AvgIpc) is 3.70. The molecule has 6 rings (SSSR count). The highest BCUT2D eigenvalue weighted by Crippen LogP contribution is 2.42. The summed E-state index contributed by atoms with van der Waals surface area (Å²) in [6.07, 6.45) is 8.16. The van der Waals surface area contributed by atoms with E-state index in [0.717, 1.165) is 17.0 Å². The predicted octanol–water partition coefficient (Wildman–Crippen LogP) is 7.75. The zero-order chi connectivity index (χ0) is 28.2. The molecule has 6 heterocycles. The molecule has 6 aromatic rings. The number of hydrogen-bond donors (Lipinski definition) is 0. The molecule has 0 radical (unpaired) electrons. The maximum atomic E-state index is 11.2. The average molecular weight is 583 g/mol. The minimum Gasteiger partial charge on any atom is -0.429 e. The Bertz CT molecular complexity index is 1860. The first-order valence-electron chi connectivity index (χ1n) is 13.3. The number of carbonyl (C=O) groups is 2. The van der Waals surface area contributed by atoms with E-state index in [-0.39, 0.29) is 0 Å². The number of carbonyl (C=O) groups excluding carboxylic acids is 2. The van der Waals surface area contributed by atoms with Crippen molar-refractivity contribution < 1.29 is 19.1 Å². The highest BCUT2D eigenvalue weighted by molar-refractivity contribution is 7.28. The molecule has 6 aromatic heterocycles. The number of rotatable bonds is 12. The van der Waals surface area contributed by atoms with Gasteiger partial charge in [-0.15, -0.1) is 22.7 Å². The van der Waals surface area contributed by atoms with Crippen LogP contribution < -0.4 is 9.47 Å². The van der Waals surface area contributed by atoms with Crippen molar-refractivity contribution in [1.29, 1.82) is 0 Å². The molecule has 8 nitrogen and oxygen atoms in total. The molecule has 0 saturated carbocycles. The van der Waals surface area contributed by atoms with Crippen molar-refractivity contribution in [3.8, 4) is 44.7 Å². The topological polar surface area (TPSA) is 96.2 Å². The summed E-state index contributed by atoms with van der Waals surface area (Å²) in [6.45, 7) is 3.97. The molecule has 0 aliphatic carbocycles. The number of nitrogens with zero attached hydrogens (tertiary/aromatic N) is 4. The quantitative estimate of drug-likeness (QED) is 0.107. The van der Waals surface area contributed by atoms with Gasteiger partial charge in [0, 0.05) is 42.0 Å². The first-order chi connectivity index (χ1) is 20.2. The molecular formula is C31H26N4O4S2. The largest absolute Gasteiger partial charge is 0.429 e. The van der Waals surface area contributed by atoms with E-state index in [1.165, 1.54) is 52.3 Å². The molecule has 0 fully saturated rings. The van der Waals surface area contributed by atoms with E-state index in [4.69, 9.17) is 14.5 Å². The van der Waals surface area contributed by atoms with Crippen molar-refractivity contribution in [3.05, 3.63) is 66.3 Å². The standard InChI is InChI=1S/C31H26N4O4S2/c1-2-3-4-5-11-35-27-8-12-40-30(27)31-28(35)17-29(41-31)20-6-9-32-23(13-20)25-15-22(39-19-37)16-26(34-25)24-14-21(38-18-36)7-10-33-24/h6-10,12-19H,2-5,11H2,1H3. The van der Waals surface area contributed by atoms with Gasteiger partial charge in [0.15, 0.2) is 0 Å². The van der Waals surface area contributed by atoms with Gasteiger partial charge < -0.3 is 14.0 Å². The van der Waals surface area contributed by atoms with Crippen LogP contribution in [0.1, 0.15) is 32.6 Å². The van der Waals surface area contributed by atoms with Gasteiger partial charge in [0.05, 0.1) is 43.2 Å². The summed E-state index contributed by atoms with van der Waals surface area (Å²) in [4.78, 5) is 36.8. The predicted molar refractivity (Wildman–Crippen MR) is 162 cm³/mol. The highest BCUT2D eigenvalue weighted by Gasteiger charge is 2.17. The zero-order valence-electron chi connectivity index (χ0n) is 22.3. The second kappa shape index (κ2) is 12.0. The van der Waals surface area contributed by atoms with E-state index in [0.29, 0.717) is 47.2 Å². The van der Waals surface area contributed by atoms with Gasteiger partial charge in [0.1, 0.15) is 11.5 Å². The van der Waals surface area contributed by atoms with Crippen molar-refractivity contribution >= 4 is 56.1 Å². The van der Waals surface area contributed by atoms with Gasteiger partial charge in [0.25, 0.3) is 12.9 Å². The van der Waals surface area contributed by atoms with Crippen molar-refractivity contribution in [2.24, 2.45) is 0 Å². The summed E-state index contributed by atoms with van der Waals surface area (Å²) in [6, 6.07) is 14.9. The zero-order valence-corrected chi connectivity index (χ0v) is 23.9. The van der Waals surface area contributed by atoms with Crippen LogP contribution in [0.25, 0.3) is 53.6 Å². The molecule has 0 saturated heterocycles. The lowest BCUT2D eigenvalue weighted by Crippen LogP contribution is -1.97. The molecule has 0 aromatic carbocycles. The second-order valence-electron chi connectivity index (χ2n) is 9.48. The molecule has 0 aliphatic rings. The van der Waals surface area contributed by atoms with Crippen LogP contribution in [0, 0.1) is 0 Å². The molecule has 0 bridgehead atoms. The van der Waals surface area contributed by atoms with E-state index in [2.05, 4.69) is 39.0 Å². The maximum absolute atomic E-state index is 11.2. The van der Waals surface area contributed by atoms with Gasteiger partial charge in [-0.1, -0.05) is 26.2 Å². The van der Waals surface area contributed by atoms with Crippen molar-refractivity contribution in [1.82, 2.24) is 19.5 Å². The smallest absolute Gasteiger partial charge is 0.298 e. The number of hydrogen-bond acceptors (Lipinski definition) is 9. The second-order valence-corrected chi connectivity index (χ2v) is 11.4. The minimum absolute atomic E-state index is 0.301. The lowest BCUT2D eigenvalue weighted by molar-refractivity contribution is -0.121. The number of aromatic nitrogens is 4. The fourth-order valence-corrected chi connectivity index (χ4v) is 7.15. The molecule has 206 valence electrons. The molecule has 10 heteroatoms. The summed E-state index contributed by atoms with van der Waals surface area (Å²) >= 11 is 3.58. The summed E-state index contributed by atoms with van der Waals surface area (Å²) in [5.41, 5.74) is 5.67. The van der Waals surface area contributed by atoms with Crippen LogP contribution in [0.3, 0.4) is 0 Å². The van der Waals surface area contributed by atoms with Crippen molar-refractivity contribution in [2.45, 2.75) is 39.2 Å². The van der Waals surface area contributed by atoms with Gasteiger partial charge >= 0.3 is 0 Å². The van der Waals surface area contributed by atoms with Gasteiger partial charge in [-0.2, -0.15) is 0 Å². The van der Waals surface area contributed by atoms with Crippen LogP contribution in [0.2, 0.25) is 0 Å². The van der Waals surface area contributed by atoms with E-state index in [1.807, 2.05) is 12.1 Å². The number of fused-ring (bicyclic) bond motifs is 3. The van der Waals surface area contributed by atoms with Crippen molar-refractivity contribution in [2.75, 3.05) is 0 Å². The first-order valence-corrected chi connectivity index (χ1v) is 15.0. The Morgan fingerprint density at radius 1 is 0.780 bits per heavy atom. The third-order valence-electron chi connectivity index (χ3n) is 6.85. The number of aryl methyl sites for hydroxylation is 1. The molecule has 0 N–H and O–H groups in total. The summed E-state index contributed by atoms with van der Waals surface area (Å²) < 4.78 is 15.2. The third-order valence-corrected chi connectivity index (χ3v) is 9.09. The molecule has 0 unspecified atom stereocenters. The van der Waals surface area contributed by atoms with Gasteiger partial charge in [-0.25, -0.2) is 4.98 Å².